The van der Waals surface area contributed by atoms with Gasteiger partial charge in [0.05, 0.1) is 0 Å². The summed E-state index contributed by atoms with van der Waals surface area (Å²) in [4.78, 5) is 11.5. The third kappa shape index (κ3) is 5.73. The average Bonchev–Trinajstić information content (AvgIpc) is 2.53. The molecular formula is C16H14BrFO4. The number of carbonyl (C=O) groups excluding carboxylic acids is 1. The third-order valence-electron chi connectivity index (χ3n) is 2.60. The summed E-state index contributed by atoms with van der Waals surface area (Å²) in [6.07, 6.45) is 0. The van der Waals surface area contributed by atoms with Crippen molar-refractivity contribution in [1.82, 2.24) is 0 Å². The minimum Gasteiger partial charge on any atom is -0.490 e. The molecule has 22 heavy (non-hydrogen) atoms. The minimum absolute atomic E-state index is 0.127. The molecule has 0 aliphatic carbocycles. The van der Waals surface area contributed by atoms with Gasteiger partial charge in [0.1, 0.15) is 30.5 Å². The maximum absolute atomic E-state index is 12.7. The Bertz CT molecular complexity index is 599. The molecule has 0 radical (unpaired) electrons. The van der Waals surface area contributed by atoms with E-state index in [2.05, 4.69) is 15.9 Å². The van der Waals surface area contributed by atoms with Gasteiger partial charge < -0.3 is 14.2 Å². The molecule has 0 N–H and O–H groups in total. The highest BCUT2D eigenvalue weighted by molar-refractivity contribution is 9.10. The number of rotatable bonds is 7. The molecule has 0 atom stereocenters. The lowest BCUT2D eigenvalue weighted by Crippen LogP contribution is -2.18. The molecule has 2 aromatic carbocycles. The largest absolute Gasteiger partial charge is 0.490 e. The van der Waals surface area contributed by atoms with E-state index >= 15 is 0 Å². The van der Waals surface area contributed by atoms with Crippen LogP contribution in [0.25, 0.3) is 0 Å². The van der Waals surface area contributed by atoms with E-state index in [-0.39, 0.29) is 25.6 Å². The highest BCUT2D eigenvalue weighted by Crippen LogP contribution is 2.15. The van der Waals surface area contributed by atoms with E-state index in [4.69, 9.17) is 14.2 Å². The van der Waals surface area contributed by atoms with Gasteiger partial charge >= 0.3 is 5.97 Å². The molecule has 0 heterocycles. The lowest BCUT2D eigenvalue weighted by Gasteiger charge is -2.08. The Morgan fingerprint density at radius 3 is 2.18 bits per heavy atom. The van der Waals surface area contributed by atoms with Crippen molar-refractivity contribution in [3.8, 4) is 11.5 Å². The molecule has 2 rings (SSSR count). The third-order valence-corrected chi connectivity index (χ3v) is 3.13. The lowest BCUT2D eigenvalue weighted by atomic mass is 10.3. The van der Waals surface area contributed by atoms with E-state index in [9.17, 15) is 9.18 Å². The highest BCUT2D eigenvalue weighted by Gasteiger charge is 2.04. The van der Waals surface area contributed by atoms with Gasteiger partial charge in [-0.2, -0.15) is 0 Å². The van der Waals surface area contributed by atoms with Crippen molar-refractivity contribution in [2.45, 2.75) is 0 Å². The molecule has 0 aromatic heterocycles. The summed E-state index contributed by atoms with van der Waals surface area (Å²) in [7, 11) is 0. The normalized spacial score (nSPS) is 10.1. The lowest BCUT2D eigenvalue weighted by molar-refractivity contribution is -0.146. The summed E-state index contributed by atoms with van der Waals surface area (Å²) in [5.74, 6) is 0.232. The quantitative estimate of drug-likeness (QED) is 0.553. The number of carbonyl (C=O) groups is 1. The number of halogens is 2. The van der Waals surface area contributed by atoms with E-state index < -0.39 is 5.97 Å². The fraction of sp³-hybridized carbons (Fsp3) is 0.188. The van der Waals surface area contributed by atoms with E-state index in [0.29, 0.717) is 11.5 Å². The van der Waals surface area contributed by atoms with Gasteiger partial charge in [0.25, 0.3) is 0 Å². The van der Waals surface area contributed by atoms with Gasteiger partial charge in [-0.05, 0) is 48.5 Å². The van der Waals surface area contributed by atoms with E-state index in [0.717, 1.165) is 4.47 Å². The van der Waals surface area contributed by atoms with Crippen LogP contribution in [0.5, 0.6) is 11.5 Å². The van der Waals surface area contributed by atoms with Gasteiger partial charge in [-0.3, -0.25) is 0 Å². The Balaban J connectivity index is 1.61. The van der Waals surface area contributed by atoms with Crippen molar-refractivity contribution in [3.05, 3.63) is 58.8 Å². The number of hydrogen-bond donors (Lipinski definition) is 0. The van der Waals surface area contributed by atoms with Crippen LogP contribution in [0.4, 0.5) is 4.39 Å². The SMILES string of the molecule is O=C(COc1ccc(F)cc1)OCCOc1ccc(Br)cc1. The van der Waals surface area contributed by atoms with E-state index in [1.165, 1.54) is 24.3 Å². The van der Waals surface area contributed by atoms with Gasteiger partial charge in [0, 0.05) is 4.47 Å². The number of hydrogen-bond acceptors (Lipinski definition) is 4. The zero-order valence-electron chi connectivity index (χ0n) is 11.6. The van der Waals surface area contributed by atoms with Crippen LogP contribution < -0.4 is 9.47 Å². The van der Waals surface area contributed by atoms with Crippen molar-refractivity contribution in [2.24, 2.45) is 0 Å². The second-order valence-corrected chi connectivity index (χ2v) is 5.18. The maximum Gasteiger partial charge on any atom is 0.344 e. The van der Waals surface area contributed by atoms with Gasteiger partial charge in [0.2, 0.25) is 0 Å². The van der Waals surface area contributed by atoms with Crippen molar-refractivity contribution >= 4 is 21.9 Å². The first-order chi connectivity index (χ1) is 10.6. The van der Waals surface area contributed by atoms with Crippen LogP contribution in [-0.4, -0.2) is 25.8 Å². The summed E-state index contributed by atoms with van der Waals surface area (Å²) in [6, 6.07) is 12.7. The van der Waals surface area contributed by atoms with Crippen LogP contribution in [0, 0.1) is 5.82 Å². The maximum atomic E-state index is 12.7. The van der Waals surface area contributed by atoms with Crippen molar-refractivity contribution in [2.75, 3.05) is 19.8 Å². The Morgan fingerprint density at radius 1 is 0.909 bits per heavy atom. The predicted octanol–water partition coefficient (Wildman–Crippen LogP) is 3.59. The number of benzene rings is 2. The predicted molar refractivity (Wildman–Crippen MR) is 82.5 cm³/mol. The molecule has 4 nitrogen and oxygen atoms in total. The van der Waals surface area contributed by atoms with Gasteiger partial charge in [-0.25, -0.2) is 9.18 Å². The molecule has 0 aliphatic rings. The summed E-state index contributed by atoms with van der Waals surface area (Å²) < 4.78 is 29.2. The van der Waals surface area contributed by atoms with Crippen LogP contribution in [0.1, 0.15) is 0 Å². The van der Waals surface area contributed by atoms with Gasteiger partial charge in [-0.1, -0.05) is 15.9 Å². The molecular weight excluding hydrogens is 355 g/mol. The minimum atomic E-state index is -0.510. The first kappa shape index (κ1) is 16.3. The summed E-state index contributed by atoms with van der Waals surface area (Å²) in [6.45, 7) is 0.148. The standard InChI is InChI=1S/C16H14BrFO4/c17-12-1-5-14(6-2-12)20-9-10-21-16(19)11-22-15-7-3-13(18)4-8-15/h1-8H,9-11H2. The summed E-state index contributed by atoms with van der Waals surface area (Å²) in [5.41, 5.74) is 0. The molecule has 0 amide bonds. The molecule has 116 valence electrons. The number of esters is 1. The fourth-order valence-electron chi connectivity index (χ4n) is 1.56. The second kappa shape index (κ2) is 8.38. The topological polar surface area (TPSA) is 44.8 Å². The van der Waals surface area contributed by atoms with Gasteiger partial charge in [-0.15, -0.1) is 0 Å². The Hall–Kier alpha value is -2.08. The Labute approximate surface area is 135 Å². The Kier molecular flexibility index (Phi) is 6.21. The smallest absolute Gasteiger partial charge is 0.344 e. The molecule has 0 unspecified atom stereocenters. The monoisotopic (exact) mass is 368 g/mol. The highest BCUT2D eigenvalue weighted by atomic mass is 79.9. The van der Waals surface area contributed by atoms with Crippen molar-refractivity contribution in [3.63, 3.8) is 0 Å². The van der Waals surface area contributed by atoms with Crippen LogP contribution in [0.3, 0.4) is 0 Å². The van der Waals surface area contributed by atoms with Crippen molar-refractivity contribution < 1.29 is 23.4 Å². The van der Waals surface area contributed by atoms with Crippen LogP contribution in [0.2, 0.25) is 0 Å². The van der Waals surface area contributed by atoms with Gasteiger partial charge in [0.15, 0.2) is 6.61 Å². The van der Waals surface area contributed by atoms with Crippen LogP contribution in [0.15, 0.2) is 53.0 Å². The molecule has 0 bridgehead atoms. The zero-order valence-corrected chi connectivity index (χ0v) is 13.2. The van der Waals surface area contributed by atoms with E-state index in [1.54, 1.807) is 0 Å². The molecule has 0 saturated heterocycles. The van der Waals surface area contributed by atoms with Crippen molar-refractivity contribution in [1.29, 1.82) is 0 Å². The van der Waals surface area contributed by atoms with Crippen LogP contribution >= 0.6 is 15.9 Å². The first-order valence-corrected chi connectivity index (χ1v) is 7.35. The summed E-state index contributed by atoms with van der Waals surface area (Å²) in [5, 5.41) is 0. The molecule has 2 aromatic rings. The molecule has 0 saturated carbocycles. The first-order valence-electron chi connectivity index (χ1n) is 6.56. The zero-order chi connectivity index (χ0) is 15.8. The van der Waals surface area contributed by atoms with E-state index in [1.807, 2.05) is 24.3 Å². The molecule has 0 spiro atoms. The second-order valence-electron chi connectivity index (χ2n) is 4.27. The number of ether oxygens (including phenoxy) is 3. The molecule has 6 heteroatoms. The summed E-state index contributed by atoms with van der Waals surface area (Å²) >= 11 is 3.33. The molecule has 0 fully saturated rings. The Morgan fingerprint density at radius 2 is 1.50 bits per heavy atom. The fourth-order valence-corrected chi connectivity index (χ4v) is 1.82. The molecule has 0 aliphatic heterocycles. The van der Waals surface area contributed by atoms with Crippen LogP contribution in [-0.2, 0) is 9.53 Å². The average molecular weight is 369 g/mol.